The molecule has 0 unspecified atom stereocenters. The van der Waals surface area contributed by atoms with E-state index in [4.69, 9.17) is 12.2 Å². The van der Waals surface area contributed by atoms with Crippen LogP contribution in [0.4, 0.5) is 0 Å². The zero-order valence-electron chi connectivity index (χ0n) is 8.51. The van der Waals surface area contributed by atoms with Crippen molar-refractivity contribution in [3.05, 3.63) is 40.0 Å². The summed E-state index contributed by atoms with van der Waals surface area (Å²) in [5.74, 6) is 0. The molecule has 0 aliphatic carbocycles. The molecule has 0 saturated heterocycles. The monoisotopic (exact) mass is 312 g/mol. The van der Waals surface area contributed by atoms with Crippen molar-refractivity contribution in [2.24, 2.45) is 0 Å². The molecule has 3 rings (SSSR count). The van der Waals surface area contributed by atoms with Gasteiger partial charge in [0.05, 0.1) is 0 Å². The van der Waals surface area contributed by atoms with Gasteiger partial charge in [0.25, 0.3) is 0 Å². The van der Waals surface area contributed by atoms with Crippen LogP contribution in [0, 0.1) is 11.6 Å². The van der Waals surface area contributed by atoms with Crippen molar-refractivity contribution in [2.75, 3.05) is 0 Å². The number of rotatable bonds is 1. The van der Waals surface area contributed by atoms with Crippen molar-refractivity contribution in [1.82, 2.24) is 8.55 Å². The molecule has 3 aromatic rings. The van der Waals surface area contributed by atoms with E-state index < -0.39 is 0 Å². The minimum atomic E-state index is 0.246. The number of fused-ring (bicyclic) bond motifs is 1. The van der Waals surface area contributed by atoms with E-state index in [1.807, 2.05) is 11.6 Å². The van der Waals surface area contributed by atoms with Gasteiger partial charge in [-0.1, -0.05) is 0 Å². The van der Waals surface area contributed by atoms with Crippen LogP contribution in [0.3, 0.4) is 0 Å². The molecule has 80 valence electrons. The van der Waals surface area contributed by atoms with Gasteiger partial charge in [-0.15, -0.1) is 0 Å². The van der Waals surface area contributed by atoms with E-state index in [9.17, 15) is 0 Å². The van der Waals surface area contributed by atoms with E-state index in [1.54, 1.807) is 11.3 Å². The average molecular weight is 311 g/mol. The molecule has 0 amide bonds. The van der Waals surface area contributed by atoms with Crippen LogP contribution in [-0.2, 0) is 0 Å². The first kappa shape index (κ1) is 10.4. The second kappa shape index (κ2) is 3.93. The third-order valence-electron chi connectivity index (χ3n) is 2.33. The number of aromatic nitrogens is 2. The fraction of sp³-hybridized carbons (Fsp3) is 0.0909. The van der Waals surface area contributed by atoms with E-state index >= 15 is 0 Å². The van der Waals surface area contributed by atoms with Gasteiger partial charge in [0.1, 0.15) is 0 Å². The van der Waals surface area contributed by atoms with Crippen molar-refractivity contribution in [3.63, 3.8) is 0 Å². The van der Waals surface area contributed by atoms with Crippen LogP contribution in [0.25, 0.3) is 14.8 Å². The number of thiazole rings is 1. The zero-order chi connectivity index (χ0) is 11.1. The Balaban J connectivity index is 2.36. The minimum absolute atomic E-state index is 0.246. The first-order valence-corrected chi connectivity index (χ1v) is 7.69. The normalized spacial score (nSPS) is 11.1. The molecule has 0 aliphatic heterocycles. The third kappa shape index (κ3) is 1.60. The van der Waals surface area contributed by atoms with Crippen molar-refractivity contribution >= 4 is 47.9 Å². The zero-order valence-corrected chi connectivity index (χ0v) is 11.9. The van der Waals surface area contributed by atoms with Gasteiger partial charge in [-0.2, -0.15) is 0 Å². The topological polar surface area (TPSA) is 17.8 Å². The first-order valence-electron chi connectivity index (χ1n) is 4.78. The molecule has 0 atom stereocenters. The molecule has 0 fully saturated rings. The van der Waals surface area contributed by atoms with Crippen molar-refractivity contribution in [3.8, 4) is 5.13 Å². The second-order valence-electron chi connectivity index (χ2n) is 3.51. The van der Waals surface area contributed by atoms with Gasteiger partial charge in [0.15, 0.2) is 0 Å². The molecule has 1 aromatic carbocycles. The van der Waals surface area contributed by atoms with E-state index in [-0.39, 0.29) is 14.7 Å². The predicted molar refractivity (Wildman–Crippen MR) is 71.5 cm³/mol. The molecule has 0 radical (unpaired) electrons. The van der Waals surface area contributed by atoms with Crippen LogP contribution in [0.15, 0.2) is 29.8 Å². The standard InChI is InChI=1S/C11H8N2S2Se/c1-7-2-3-8-9(6-7)16-13(10(8)14)11-12-4-5-15-11/h2-6H,1H3. The summed E-state index contributed by atoms with van der Waals surface area (Å²) in [7, 11) is 0. The molecule has 0 saturated carbocycles. The molecule has 5 heteroatoms. The molecule has 16 heavy (non-hydrogen) atoms. The summed E-state index contributed by atoms with van der Waals surface area (Å²) in [5, 5.41) is 4.21. The maximum absolute atomic E-state index is 5.49. The van der Waals surface area contributed by atoms with Crippen LogP contribution in [0.5, 0.6) is 0 Å². The van der Waals surface area contributed by atoms with Gasteiger partial charge in [0.2, 0.25) is 0 Å². The summed E-state index contributed by atoms with van der Waals surface area (Å²) in [5.41, 5.74) is 1.30. The number of hydrogen-bond acceptors (Lipinski definition) is 3. The quantitative estimate of drug-likeness (QED) is 0.507. The molecule has 2 aromatic heterocycles. The molecule has 0 spiro atoms. The summed E-state index contributed by atoms with van der Waals surface area (Å²) < 4.78 is 4.45. The summed E-state index contributed by atoms with van der Waals surface area (Å²) in [4.78, 5) is 4.33. The number of hydrogen-bond donors (Lipinski definition) is 0. The van der Waals surface area contributed by atoms with Crippen molar-refractivity contribution < 1.29 is 0 Å². The van der Waals surface area contributed by atoms with Crippen molar-refractivity contribution in [1.29, 1.82) is 0 Å². The summed E-state index contributed by atoms with van der Waals surface area (Å²) in [6.07, 6.45) is 1.83. The molecule has 0 N–H and O–H groups in total. The Bertz CT molecular complexity index is 694. The van der Waals surface area contributed by atoms with Gasteiger partial charge in [-0.05, 0) is 0 Å². The molecule has 2 nitrogen and oxygen atoms in total. The van der Waals surface area contributed by atoms with E-state index in [0.717, 1.165) is 9.77 Å². The van der Waals surface area contributed by atoms with Crippen LogP contribution in [0.2, 0.25) is 0 Å². The Morgan fingerprint density at radius 3 is 3.06 bits per heavy atom. The SMILES string of the molecule is Cc1ccc2c(=S)n(-c3nccs3)[se]c2c1. The number of benzene rings is 1. The summed E-state index contributed by atoms with van der Waals surface area (Å²) >= 11 is 7.38. The van der Waals surface area contributed by atoms with Crippen LogP contribution in [-0.4, -0.2) is 23.3 Å². The molecule has 0 bridgehead atoms. The number of nitrogens with zero attached hydrogens (tertiary/aromatic N) is 2. The van der Waals surface area contributed by atoms with E-state index in [1.165, 1.54) is 15.2 Å². The van der Waals surface area contributed by atoms with Gasteiger partial charge >= 0.3 is 109 Å². The van der Waals surface area contributed by atoms with Crippen LogP contribution < -0.4 is 0 Å². The van der Waals surface area contributed by atoms with Crippen LogP contribution >= 0.6 is 23.6 Å². The van der Waals surface area contributed by atoms with Crippen molar-refractivity contribution in [2.45, 2.75) is 6.92 Å². The summed E-state index contributed by atoms with van der Waals surface area (Å²) in [6.45, 7) is 2.12. The Labute approximate surface area is 108 Å². The molecule has 0 aliphatic rings. The van der Waals surface area contributed by atoms with Gasteiger partial charge in [-0.3, -0.25) is 0 Å². The summed E-state index contributed by atoms with van der Waals surface area (Å²) in [6, 6.07) is 6.48. The number of aryl methyl sites for hydroxylation is 1. The molecule has 2 heterocycles. The molecular weight excluding hydrogens is 303 g/mol. The Kier molecular flexibility index (Phi) is 2.56. The Hall–Kier alpha value is -0.741. The fourth-order valence-corrected chi connectivity index (χ4v) is 5.36. The Morgan fingerprint density at radius 2 is 2.31 bits per heavy atom. The van der Waals surface area contributed by atoms with E-state index in [2.05, 4.69) is 33.7 Å². The Morgan fingerprint density at radius 1 is 1.44 bits per heavy atom. The first-order chi connectivity index (χ1) is 7.75. The van der Waals surface area contributed by atoms with Gasteiger partial charge in [-0.25, -0.2) is 0 Å². The van der Waals surface area contributed by atoms with Gasteiger partial charge in [0, 0.05) is 0 Å². The molecular formula is C11H8N2S2Se. The average Bonchev–Trinajstić information content (AvgIpc) is 2.86. The fourth-order valence-electron chi connectivity index (χ4n) is 1.57. The van der Waals surface area contributed by atoms with E-state index in [0.29, 0.717) is 0 Å². The van der Waals surface area contributed by atoms with Gasteiger partial charge < -0.3 is 0 Å². The maximum atomic E-state index is 5.49. The second-order valence-corrected chi connectivity index (χ2v) is 6.84. The predicted octanol–water partition coefficient (Wildman–Crippen LogP) is 3.18. The third-order valence-corrected chi connectivity index (χ3v) is 6.27. The van der Waals surface area contributed by atoms with Crippen LogP contribution in [0.1, 0.15) is 5.56 Å².